The summed E-state index contributed by atoms with van der Waals surface area (Å²) in [5, 5.41) is 3.10. The number of sulfone groups is 1. The Balaban J connectivity index is 2.24. The molecule has 1 saturated carbocycles. The Kier molecular flexibility index (Phi) is 5.25. The van der Waals surface area contributed by atoms with E-state index >= 15 is 0 Å². The van der Waals surface area contributed by atoms with E-state index in [1.54, 1.807) is 13.8 Å². The molecule has 0 heterocycles. The molecule has 3 nitrogen and oxygen atoms in total. The highest BCUT2D eigenvalue weighted by Gasteiger charge is 2.22. The minimum absolute atomic E-state index is 0.254. The van der Waals surface area contributed by atoms with Gasteiger partial charge in [0.05, 0.1) is 11.0 Å². The lowest BCUT2D eigenvalue weighted by Crippen LogP contribution is -2.36. The molecule has 96 valence electrons. The Bertz CT molecular complexity index is 292. The largest absolute Gasteiger partial charge is 0.313 e. The third-order valence-corrected chi connectivity index (χ3v) is 5.89. The molecule has 1 rings (SSSR count). The molecule has 0 spiro atoms. The van der Waals surface area contributed by atoms with Crippen molar-refractivity contribution in [2.75, 3.05) is 12.3 Å². The quantitative estimate of drug-likeness (QED) is 0.780. The van der Waals surface area contributed by atoms with E-state index in [0.717, 1.165) is 5.92 Å². The first-order valence-electron chi connectivity index (χ1n) is 6.38. The molecule has 0 bridgehead atoms. The molecular formula is C12H25NO2S. The third-order valence-electron chi connectivity index (χ3n) is 3.68. The minimum Gasteiger partial charge on any atom is -0.313 e. The fourth-order valence-corrected chi connectivity index (χ4v) is 3.16. The lowest BCUT2D eigenvalue weighted by molar-refractivity contribution is 0.389. The van der Waals surface area contributed by atoms with E-state index in [1.807, 2.05) is 0 Å². The minimum atomic E-state index is -2.88. The molecule has 1 atom stereocenters. The maximum atomic E-state index is 11.6. The monoisotopic (exact) mass is 247 g/mol. The summed E-state index contributed by atoms with van der Waals surface area (Å²) >= 11 is 0. The van der Waals surface area contributed by atoms with Crippen molar-refractivity contribution >= 4 is 9.84 Å². The molecular weight excluding hydrogens is 222 g/mol. The van der Waals surface area contributed by atoms with E-state index in [0.29, 0.717) is 12.6 Å². The Morgan fingerprint density at radius 2 is 1.75 bits per heavy atom. The van der Waals surface area contributed by atoms with Gasteiger partial charge < -0.3 is 5.32 Å². The first-order chi connectivity index (χ1) is 7.43. The molecule has 4 heteroatoms. The standard InChI is InChI=1S/C12H25NO2S/c1-10(2)16(14,15)9-8-13-11(3)12-6-4-5-7-12/h10-13H,4-9H2,1-3H3. The summed E-state index contributed by atoms with van der Waals surface area (Å²) in [7, 11) is -2.88. The summed E-state index contributed by atoms with van der Waals surface area (Å²) in [6.07, 6.45) is 5.26. The van der Waals surface area contributed by atoms with Crippen LogP contribution in [0.3, 0.4) is 0 Å². The number of rotatable bonds is 6. The molecule has 1 N–H and O–H groups in total. The van der Waals surface area contributed by atoms with Crippen molar-refractivity contribution in [3.05, 3.63) is 0 Å². The summed E-state index contributed by atoms with van der Waals surface area (Å²) in [5.74, 6) is 1.02. The van der Waals surface area contributed by atoms with Gasteiger partial charge in [0, 0.05) is 12.6 Å². The van der Waals surface area contributed by atoms with Crippen LogP contribution in [-0.4, -0.2) is 32.0 Å². The van der Waals surface area contributed by atoms with E-state index in [-0.39, 0.29) is 11.0 Å². The molecule has 0 aliphatic heterocycles. The predicted molar refractivity (Wildman–Crippen MR) is 68.3 cm³/mol. The van der Waals surface area contributed by atoms with Crippen molar-refractivity contribution in [2.45, 2.75) is 57.7 Å². The molecule has 16 heavy (non-hydrogen) atoms. The number of hydrogen-bond acceptors (Lipinski definition) is 3. The Hall–Kier alpha value is -0.0900. The summed E-state index contributed by atoms with van der Waals surface area (Å²) in [6.45, 7) is 6.27. The maximum Gasteiger partial charge on any atom is 0.153 e. The van der Waals surface area contributed by atoms with E-state index < -0.39 is 9.84 Å². The molecule has 0 aromatic rings. The van der Waals surface area contributed by atoms with Crippen LogP contribution in [0.25, 0.3) is 0 Å². The van der Waals surface area contributed by atoms with Crippen LogP contribution >= 0.6 is 0 Å². The SMILES string of the molecule is CC(NCCS(=O)(=O)C(C)C)C1CCCC1. The van der Waals surface area contributed by atoms with Crippen LogP contribution in [0.5, 0.6) is 0 Å². The van der Waals surface area contributed by atoms with Gasteiger partial charge in [0.1, 0.15) is 0 Å². The van der Waals surface area contributed by atoms with Crippen molar-refractivity contribution in [3.8, 4) is 0 Å². The first-order valence-corrected chi connectivity index (χ1v) is 8.10. The molecule has 0 amide bonds. The Labute approximate surface area is 99.9 Å². The topological polar surface area (TPSA) is 46.2 Å². The van der Waals surface area contributed by atoms with Crippen molar-refractivity contribution < 1.29 is 8.42 Å². The highest BCUT2D eigenvalue weighted by atomic mass is 32.2. The zero-order valence-corrected chi connectivity index (χ0v) is 11.5. The van der Waals surface area contributed by atoms with Crippen LogP contribution in [0.1, 0.15) is 46.5 Å². The van der Waals surface area contributed by atoms with E-state index in [9.17, 15) is 8.42 Å². The number of nitrogens with one attached hydrogen (secondary N) is 1. The van der Waals surface area contributed by atoms with Gasteiger partial charge >= 0.3 is 0 Å². The smallest absolute Gasteiger partial charge is 0.153 e. The van der Waals surface area contributed by atoms with E-state index in [4.69, 9.17) is 0 Å². The van der Waals surface area contributed by atoms with Gasteiger partial charge in [-0.2, -0.15) is 0 Å². The normalized spacial score (nSPS) is 20.5. The average molecular weight is 247 g/mol. The van der Waals surface area contributed by atoms with Crippen molar-refractivity contribution in [3.63, 3.8) is 0 Å². The van der Waals surface area contributed by atoms with Crippen LogP contribution in [0, 0.1) is 5.92 Å². The molecule has 1 fully saturated rings. The Morgan fingerprint density at radius 1 is 1.19 bits per heavy atom. The third kappa shape index (κ3) is 4.06. The zero-order valence-electron chi connectivity index (χ0n) is 10.7. The second kappa shape index (κ2) is 6.01. The second-order valence-corrected chi connectivity index (χ2v) is 7.88. The van der Waals surface area contributed by atoms with Gasteiger partial charge in [-0.15, -0.1) is 0 Å². The summed E-state index contributed by atoms with van der Waals surface area (Å²) in [5.41, 5.74) is 0. The van der Waals surface area contributed by atoms with Crippen LogP contribution < -0.4 is 5.32 Å². The second-order valence-electron chi connectivity index (χ2n) is 5.20. The van der Waals surface area contributed by atoms with E-state index in [2.05, 4.69) is 12.2 Å². The average Bonchev–Trinajstić information content (AvgIpc) is 2.69. The van der Waals surface area contributed by atoms with Crippen LogP contribution in [0.2, 0.25) is 0 Å². The van der Waals surface area contributed by atoms with Crippen molar-refractivity contribution in [1.29, 1.82) is 0 Å². The van der Waals surface area contributed by atoms with Gasteiger partial charge in [-0.05, 0) is 39.5 Å². The highest BCUT2D eigenvalue weighted by Crippen LogP contribution is 2.27. The van der Waals surface area contributed by atoms with Crippen LogP contribution in [0.15, 0.2) is 0 Å². The molecule has 0 aromatic heterocycles. The van der Waals surface area contributed by atoms with Gasteiger partial charge in [-0.3, -0.25) is 0 Å². The maximum absolute atomic E-state index is 11.6. The summed E-state index contributed by atoms with van der Waals surface area (Å²) < 4.78 is 23.2. The van der Waals surface area contributed by atoms with Gasteiger partial charge in [0.15, 0.2) is 9.84 Å². The predicted octanol–water partition coefficient (Wildman–Crippen LogP) is 1.98. The fraction of sp³-hybridized carbons (Fsp3) is 1.00. The first kappa shape index (κ1) is 14.0. The van der Waals surface area contributed by atoms with Crippen LogP contribution in [-0.2, 0) is 9.84 Å². The van der Waals surface area contributed by atoms with Gasteiger partial charge in [0.25, 0.3) is 0 Å². The zero-order chi connectivity index (χ0) is 12.2. The molecule has 1 aliphatic carbocycles. The summed E-state index contributed by atoms with van der Waals surface area (Å²) in [6, 6.07) is 0.463. The van der Waals surface area contributed by atoms with E-state index in [1.165, 1.54) is 25.7 Å². The highest BCUT2D eigenvalue weighted by molar-refractivity contribution is 7.92. The fourth-order valence-electron chi connectivity index (χ4n) is 2.29. The molecule has 0 radical (unpaired) electrons. The Morgan fingerprint density at radius 3 is 2.25 bits per heavy atom. The van der Waals surface area contributed by atoms with Crippen molar-refractivity contribution in [2.24, 2.45) is 5.92 Å². The molecule has 0 aromatic carbocycles. The van der Waals surface area contributed by atoms with Crippen LogP contribution in [0.4, 0.5) is 0 Å². The molecule has 1 unspecified atom stereocenters. The number of hydrogen-bond donors (Lipinski definition) is 1. The van der Waals surface area contributed by atoms with Gasteiger partial charge in [-0.25, -0.2) is 8.42 Å². The molecule has 1 aliphatic rings. The summed E-state index contributed by atoms with van der Waals surface area (Å²) in [4.78, 5) is 0. The van der Waals surface area contributed by atoms with Gasteiger partial charge in [0.2, 0.25) is 0 Å². The van der Waals surface area contributed by atoms with Gasteiger partial charge in [-0.1, -0.05) is 12.8 Å². The lowest BCUT2D eigenvalue weighted by atomic mass is 10.00. The van der Waals surface area contributed by atoms with Crippen molar-refractivity contribution in [1.82, 2.24) is 5.32 Å². The molecule has 0 saturated heterocycles. The lowest BCUT2D eigenvalue weighted by Gasteiger charge is -2.20.